The fourth-order valence-electron chi connectivity index (χ4n) is 1.70. The van der Waals surface area contributed by atoms with Gasteiger partial charge in [0.15, 0.2) is 0 Å². The average molecular weight is 264 g/mol. The Bertz CT molecular complexity index is 459. The molecule has 0 bridgehead atoms. The van der Waals surface area contributed by atoms with Crippen LogP contribution in [0.3, 0.4) is 0 Å². The zero-order valence-electron chi connectivity index (χ0n) is 10.2. The highest BCUT2D eigenvalue weighted by Gasteiger charge is 1.97. The second kappa shape index (κ2) is 7.75. The first-order chi connectivity index (χ1) is 8.38. The molecule has 2 aromatic carbocycles. The molecule has 0 radical (unpaired) electrons. The lowest BCUT2D eigenvalue weighted by Gasteiger charge is -2.07. The quantitative estimate of drug-likeness (QED) is 0.899. The molecule has 96 valence electrons. The van der Waals surface area contributed by atoms with Gasteiger partial charge in [-0.15, -0.1) is 12.4 Å². The minimum Gasteiger partial charge on any atom is -0.489 e. The van der Waals surface area contributed by atoms with Crippen molar-refractivity contribution in [1.29, 1.82) is 0 Å². The largest absolute Gasteiger partial charge is 0.489 e. The van der Waals surface area contributed by atoms with Crippen molar-refractivity contribution < 1.29 is 4.74 Å². The smallest absolute Gasteiger partial charge is 0.120 e. The highest BCUT2D eigenvalue weighted by molar-refractivity contribution is 5.85. The molecule has 0 atom stereocenters. The minimum atomic E-state index is 0. The molecule has 0 spiro atoms. The normalized spacial score (nSPS) is 9.61. The first-order valence-corrected chi connectivity index (χ1v) is 5.84. The van der Waals surface area contributed by atoms with Gasteiger partial charge in [0.1, 0.15) is 12.4 Å². The number of hydrogen-bond acceptors (Lipinski definition) is 2. The minimum absolute atomic E-state index is 0. The zero-order chi connectivity index (χ0) is 11.9. The van der Waals surface area contributed by atoms with Crippen LogP contribution in [-0.2, 0) is 13.0 Å². The van der Waals surface area contributed by atoms with Crippen molar-refractivity contribution in [2.45, 2.75) is 13.0 Å². The molecule has 0 saturated carbocycles. The molecular weight excluding hydrogens is 246 g/mol. The summed E-state index contributed by atoms with van der Waals surface area (Å²) in [6.45, 7) is 1.27. The molecule has 2 rings (SSSR count). The number of nitrogens with two attached hydrogens (primary N) is 1. The van der Waals surface area contributed by atoms with Crippen LogP contribution in [0.2, 0.25) is 0 Å². The summed E-state index contributed by atoms with van der Waals surface area (Å²) in [6.07, 6.45) is 0.891. The second-order valence-corrected chi connectivity index (χ2v) is 3.96. The molecule has 0 amide bonds. The summed E-state index contributed by atoms with van der Waals surface area (Å²) in [5.74, 6) is 0.903. The van der Waals surface area contributed by atoms with Crippen LogP contribution in [0.5, 0.6) is 5.75 Å². The molecule has 2 aromatic rings. The predicted molar refractivity (Wildman–Crippen MR) is 77.2 cm³/mol. The Balaban J connectivity index is 0.00000162. The van der Waals surface area contributed by atoms with Gasteiger partial charge in [-0.25, -0.2) is 0 Å². The molecule has 0 heterocycles. The number of hydrogen-bond donors (Lipinski definition) is 1. The van der Waals surface area contributed by atoms with Crippen LogP contribution >= 0.6 is 12.4 Å². The summed E-state index contributed by atoms with van der Waals surface area (Å²) in [7, 11) is 0. The van der Waals surface area contributed by atoms with Gasteiger partial charge in [0.05, 0.1) is 0 Å². The van der Waals surface area contributed by atoms with Crippen LogP contribution in [0.1, 0.15) is 11.1 Å². The van der Waals surface area contributed by atoms with Crippen LogP contribution in [0, 0.1) is 0 Å². The summed E-state index contributed by atoms with van der Waals surface area (Å²) < 4.78 is 5.74. The van der Waals surface area contributed by atoms with E-state index in [9.17, 15) is 0 Å². The molecule has 3 heteroatoms. The maximum Gasteiger partial charge on any atom is 0.120 e. The maximum absolute atomic E-state index is 5.74. The SMILES string of the molecule is Cl.NCCc1cccc(OCc2ccccc2)c1. The molecule has 2 nitrogen and oxygen atoms in total. The fraction of sp³-hybridized carbons (Fsp3) is 0.200. The summed E-state index contributed by atoms with van der Waals surface area (Å²) in [6, 6.07) is 18.3. The van der Waals surface area contributed by atoms with E-state index in [1.807, 2.05) is 30.3 Å². The highest BCUT2D eigenvalue weighted by Crippen LogP contribution is 2.15. The van der Waals surface area contributed by atoms with Gasteiger partial charge in [-0.2, -0.15) is 0 Å². The number of ether oxygens (including phenoxy) is 1. The maximum atomic E-state index is 5.74. The van der Waals surface area contributed by atoms with Gasteiger partial charge in [0.2, 0.25) is 0 Å². The summed E-state index contributed by atoms with van der Waals surface area (Å²) in [5.41, 5.74) is 7.93. The summed E-state index contributed by atoms with van der Waals surface area (Å²) in [4.78, 5) is 0. The topological polar surface area (TPSA) is 35.2 Å². The van der Waals surface area contributed by atoms with E-state index in [1.165, 1.54) is 11.1 Å². The third kappa shape index (κ3) is 4.40. The Morgan fingerprint density at radius 2 is 1.61 bits per heavy atom. The third-order valence-electron chi connectivity index (χ3n) is 2.58. The number of rotatable bonds is 5. The van der Waals surface area contributed by atoms with E-state index in [1.54, 1.807) is 0 Å². The van der Waals surface area contributed by atoms with Crippen LogP contribution in [0.4, 0.5) is 0 Å². The zero-order valence-corrected chi connectivity index (χ0v) is 11.0. The van der Waals surface area contributed by atoms with E-state index in [4.69, 9.17) is 10.5 Å². The second-order valence-electron chi connectivity index (χ2n) is 3.96. The van der Waals surface area contributed by atoms with Gasteiger partial charge in [0.25, 0.3) is 0 Å². The first kappa shape index (κ1) is 14.6. The molecule has 0 aromatic heterocycles. The number of benzene rings is 2. The molecule has 0 fully saturated rings. The van der Waals surface area contributed by atoms with E-state index in [-0.39, 0.29) is 12.4 Å². The third-order valence-corrected chi connectivity index (χ3v) is 2.58. The van der Waals surface area contributed by atoms with Crippen molar-refractivity contribution in [3.63, 3.8) is 0 Å². The van der Waals surface area contributed by atoms with Crippen molar-refractivity contribution >= 4 is 12.4 Å². The Kier molecular flexibility index (Phi) is 6.26. The molecular formula is C15H18ClNO. The monoisotopic (exact) mass is 263 g/mol. The summed E-state index contributed by atoms with van der Waals surface area (Å²) in [5, 5.41) is 0. The Morgan fingerprint density at radius 3 is 2.33 bits per heavy atom. The molecule has 2 N–H and O–H groups in total. The lowest BCUT2D eigenvalue weighted by molar-refractivity contribution is 0.306. The van der Waals surface area contributed by atoms with Gasteiger partial charge in [-0.05, 0) is 36.2 Å². The molecule has 0 saturated heterocycles. The van der Waals surface area contributed by atoms with E-state index in [2.05, 4.69) is 24.3 Å². The van der Waals surface area contributed by atoms with Gasteiger partial charge in [0, 0.05) is 0 Å². The Hall–Kier alpha value is -1.51. The number of halogens is 1. The van der Waals surface area contributed by atoms with Crippen LogP contribution < -0.4 is 10.5 Å². The highest BCUT2D eigenvalue weighted by atomic mass is 35.5. The van der Waals surface area contributed by atoms with Crippen molar-refractivity contribution in [1.82, 2.24) is 0 Å². The van der Waals surface area contributed by atoms with Gasteiger partial charge >= 0.3 is 0 Å². The molecule has 0 aliphatic heterocycles. The molecule has 18 heavy (non-hydrogen) atoms. The van der Waals surface area contributed by atoms with Gasteiger partial charge < -0.3 is 10.5 Å². The van der Waals surface area contributed by atoms with Crippen molar-refractivity contribution in [2.24, 2.45) is 5.73 Å². The van der Waals surface area contributed by atoms with E-state index < -0.39 is 0 Å². The summed E-state index contributed by atoms with van der Waals surface area (Å²) >= 11 is 0. The first-order valence-electron chi connectivity index (χ1n) is 5.84. The standard InChI is InChI=1S/C15H17NO.ClH/c16-10-9-13-7-4-8-15(11-13)17-12-14-5-2-1-3-6-14;/h1-8,11H,9-10,12,16H2;1H. The molecule has 0 unspecified atom stereocenters. The van der Waals surface area contributed by atoms with Crippen molar-refractivity contribution in [3.05, 3.63) is 65.7 Å². The van der Waals surface area contributed by atoms with Gasteiger partial charge in [-0.3, -0.25) is 0 Å². The predicted octanol–water partition coefficient (Wildman–Crippen LogP) is 3.19. The average Bonchev–Trinajstić information content (AvgIpc) is 2.39. The molecule has 0 aliphatic rings. The van der Waals surface area contributed by atoms with Crippen LogP contribution in [-0.4, -0.2) is 6.54 Å². The van der Waals surface area contributed by atoms with Crippen LogP contribution in [0.15, 0.2) is 54.6 Å². The van der Waals surface area contributed by atoms with Crippen molar-refractivity contribution in [2.75, 3.05) is 6.54 Å². The van der Waals surface area contributed by atoms with E-state index in [0.717, 1.165) is 12.2 Å². The van der Waals surface area contributed by atoms with Gasteiger partial charge in [-0.1, -0.05) is 42.5 Å². The Morgan fingerprint density at radius 1 is 0.889 bits per heavy atom. The van der Waals surface area contributed by atoms with E-state index in [0.29, 0.717) is 13.2 Å². The van der Waals surface area contributed by atoms with Crippen molar-refractivity contribution in [3.8, 4) is 5.75 Å². The Labute approximate surface area is 114 Å². The fourth-order valence-corrected chi connectivity index (χ4v) is 1.70. The van der Waals surface area contributed by atoms with E-state index >= 15 is 0 Å². The lowest BCUT2D eigenvalue weighted by Crippen LogP contribution is -2.03. The lowest BCUT2D eigenvalue weighted by atomic mass is 10.1. The van der Waals surface area contributed by atoms with Crippen LogP contribution in [0.25, 0.3) is 0 Å². The molecule has 0 aliphatic carbocycles.